The third kappa shape index (κ3) is 3.10. The lowest BCUT2D eigenvalue weighted by Crippen LogP contribution is -2.32. The Hall–Kier alpha value is -1.82. The number of nitrogens with two attached hydrogens (primary N) is 1. The summed E-state index contributed by atoms with van der Waals surface area (Å²) < 4.78 is 23.0. The summed E-state index contributed by atoms with van der Waals surface area (Å²) in [5.74, 6) is -0.322. The van der Waals surface area contributed by atoms with E-state index in [1.807, 2.05) is 0 Å². The van der Waals surface area contributed by atoms with E-state index in [1.165, 1.54) is 26.4 Å². The van der Waals surface area contributed by atoms with Crippen molar-refractivity contribution in [3.63, 3.8) is 0 Å². The summed E-state index contributed by atoms with van der Waals surface area (Å²) in [5.41, 5.74) is 6.34. The number of hydrogen-bond acceptors (Lipinski definition) is 4. The first-order valence-electron chi connectivity index (χ1n) is 5.31. The molecule has 1 unspecified atom stereocenters. The molecule has 0 saturated heterocycles. The molecule has 0 amide bonds. The van der Waals surface area contributed by atoms with Gasteiger partial charge in [-0.05, 0) is 11.6 Å². The average molecular weight is 257 g/mol. The van der Waals surface area contributed by atoms with Crippen molar-refractivity contribution in [2.75, 3.05) is 14.2 Å². The quantitative estimate of drug-likeness (QED) is 0.798. The van der Waals surface area contributed by atoms with Gasteiger partial charge in [0.1, 0.15) is 24.2 Å². The number of rotatable bonds is 6. The fourth-order valence-corrected chi connectivity index (χ4v) is 1.63. The molecule has 3 N–H and O–H groups in total. The number of halogens is 1. The standard InChI is InChI=1S/C12H16FNO4/c1-17-10-5-11(18-2)8(6-13)3-7(10)4-9(14)12(15)16/h3,5,9H,4,6,14H2,1-2H3,(H,15,16). The van der Waals surface area contributed by atoms with Crippen LogP contribution in [0.3, 0.4) is 0 Å². The molecule has 1 rings (SSSR count). The Bertz CT molecular complexity index is 436. The molecule has 0 aliphatic carbocycles. The lowest BCUT2D eigenvalue weighted by Gasteiger charge is -2.14. The van der Waals surface area contributed by atoms with Gasteiger partial charge in [-0.15, -0.1) is 0 Å². The first-order valence-corrected chi connectivity index (χ1v) is 5.31. The number of methoxy groups -OCH3 is 2. The van der Waals surface area contributed by atoms with Gasteiger partial charge >= 0.3 is 5.97 Å². The normalized spacial score (nSPS) is 12.0. The van der Waals surface area contributed by atoms with E-state index in [1.54, 1.807) is 0 Å². The first-order chi connectivity index (χ1) is 8.53. The number of ether oxygens (including phenoxy) is 2. The van der Waals surface area contributed by atoms with Crippen LogP contribution in [0.15, 0.2) is 12.1 Å². The maximum atomic E-state index is 12.8. The largest absolute Gasteiger partial charge is 0.496 e. The zero-order valence-corrected chi connectivity index (χ0v) is 10.3. The van der Waals surface area contributed by atoms with Crippen LogP contribution in [-0.2, 0) is 17.9 Å². The van der Waals surface area contributed by atoms with Crippen molar-refractivity contribution in [1.29, 1.82) is 0 Å². The van der Waals surface area contributed by atoms with Crippen LogP contribution < -0.4 is 15.2 Å². The first kappa shape index (κ1) is 14.2. The number of carboxylic acids is 1. The van der Waals surface area contributed by atoms with E-state index in [0.29, 0.717) is 22.6 Å². The van der Waals surface area contributed by atoms with Crippen LogP contribution in [0, 0.1) is 0 Å². The molecule has 0 aliphatic heterocycles. The smallest absolute Gasteiger partial charge is 0.320 e. The minimum atomic E-state index is -1.12. The van der Waals surface area contributed by atoms with E-state index in [9.17, 15) is 9.18 Å². The number of aliphatic carboxylic acids is 1. The molecular formula is C12H16FNO4. The predicted molar refractivity (Wildman–Crippen MR) is 63.7 cm³/mol. The van der Waals surface area contributed by atoms with Crippen molar-refractivity contribution in [3.05, 3.63) is 23.3 Å². The molecule has 0 fully saturated rings. The molecule has 0 aliphatic rings. The van der Waals surface area contributed by atoms with E-state index in [2.05, 4.69) is 0 Å². The summed E-state index contributed by atoms with van der Waals surface area (Å²) in [6.45, 7) is -0.706. The predicted octanol–water partition coefficient (Wildman–Crippen LogP) is 1.13. The van der Waals surface area contributed by atoms with Crippen molar-refractivity contribution in [3.8, 4) is 11.5 Å². The highest BCUT2D eigenvalue weighted by Crippen LogP contribution is 2.30. The van der Waals surface area contributed by atoms with E-state index >= 15 is 0 Å². The number of carbonyl (C=O) groups is 1. The summed E-state index contributed by atoms with van der Waals surface area (Å²) in [4.78, 5) is 10.7. The Balaban J connectivity index is 3.13. The molecule has 0 spiro atoms. The number of carboxylic acid groups (broad SMARTS) is 1. The minimum absolute atomic E-state index is 0.0650. The zero-order chi connectivity index (χ0) is 13.7. The van der Waals surface area contributed by atoms with Crippen molar-refractivity contribution < 1.29 is 23.8 Å². The second kappa shape index (κ2) is 6.20. The van der Waals surface area contributed by atoms with Gasteiger partial charge in [0, 0.05) is 18.1 Å². The van der Waals surface area contributed by atoms with Gasteiger partial charge in [0.05, 0.1) is 14.2 Å². The minimum Gasteiger partial charge on any atom is -0.496 e. The zero-order valence-electron chi connectivity index (χ0n) is 10.3. The van der Waals surface area contributed by atoms with Crippen LogP contribution >= 0.6 is 0 Å². The Labute approximate surface area is 104 Å². The molecule has 1 aromatic rings. The Morgan fingerprint density at radius 2 is 1.89 bits per heavy atom. The van der Waals surface area contributed by atoms with Crippen LogP contribution in [0.1, 0.15) is 11.1 Å². The Kier molecular flexibility index (Phi) is 4.91. The van der Waals surface area contributed by atoms with Gasteiger partial charge in [-0.25, -0.2) is 4.39 Å². The highest BCUT2D eigenvalue weighted by atomic mass is 19.1. The molecule has 0 heterocycles. The summed E-state index contributed by atoms with van der Waals surface area (Å²) in [5, 5.41) is 8.77. The lowest BCUT2D eigenvalue weighted by atomic mass is 10.0. The summed E-state index contributed by atoms with van der Waals surface area (Å²) >= 11 is 0. The topological polar surface area (TPSA) is 81.8 Å². The van der Waals surface area contributed by atoms with Crippen LogP contribution in [-0.4, -0.2) is 31.3 Å². The van der Waals surface area contributed by atoms with E-state index in [-0.39, 0.29) is 6.42 Å². The van der Waals surface area contributed by atoms with Gasteiger partial charge in [-0.3, -0.25) is 4.79 Å². The molecule has 100 valence electrons. The molecule has 0 radical (unpaired) electrons. The fraction of sp³-hybridized carbons (Fsp3) is 0.417. The monoisotopic (exact) mass is 257 g/mol. The van der Waals surface area contributed by atoms with E-state index in [0.717, 1.165) is 0 Å². The van der Waals surface area contributed by atoms with E-state index < -0.39 is 18.7 Å². The highest BCUT2D eigenvalue weighted by Gasteiger charge is 2.17. The SMILES string of the molecule is COc1cc(OC)c(CC(N)C(=O)O)cc1CF. The van der Waals surface area contributed by atoms with Crippen molar-refractivity contribution >= 4 is 5.97 Å². The van der Waals surface area contributed by atoms with Gasteiger partial charge < -0.3 is 20.3 Å². The number of benzene rings is 1. The van der Waals surface area contributed by atoms with Gasteiger partial charge in [0.15, 0.2) is 0 Å². The van der Waals surface area contributed by atoms with Crippen LogP contribution in [0.2, 0.25) is 0 Å². The summed E-state index contributed by atoms with van der Waals surface area (Å²) in [7, 11) is 2.87. The van der Waals surface area contributed by atoms with Gasteiger partial charge in [0.25, 0.3) is 0 Å². The maximum absolute atomic E-state index is 12.8. The Morgan fingerprint density at radius 1 is 1.33 bits per heavy atom. The van der Waals surface area contributed by atoms with Gasteiger partial charge in [-0.2, -0.15) is 0 Å². The third-order valence-electron chi connectivity index (χ3n) is 2.58. The lowest BCUT2D eigenvalue weighted by molar-refractivity contribution is -0.138. The molecule has 1 aromatic carbocycles. The summed E-state index contributed by atoms with van der Waals surface area (Å²) in [6, 6.07) is 1.99. The average Bonchev–Trinajstić information content (AvgIpc) is 2.37. The Morgan fingerprint density at radius 3 is 2.33 bits per heavy atom. The second-order valence-electron chi connectivity index (χ2n) is 3.76. The van der Waals surface area contributed by atoms with Crippen LogP contribution in [0.4, 0.5) is 4.39 Å². The highest BCUT2D eigenvalue weighted by molar-refractivity contribution is 5.73. The van der Waals surface area contributed by atoms with Crippen molar-refractivity contribution in [2.24, 2.45) is 5.73 Å². The van der Waals surface area contributed by atoms with Crippen LogP contribution in [0.25, 0.3) is 0 Å². The van der Waals surface area contributed by atoms with E-state index in [4.69, 9.17) is 20.3 Å². The third-order valence-corrected chi connectivity index (χ3v) is 2.58. The molecule has 6 heteroatoms. The van der Waals surface area contributed by atoms with Crippen molar-refractivity contribution in [1.82, 2.24) is 0 Å². The molecule has 5 nitrogen and oxygen atoms in total. The number of hydrogen-bond donors (Lipinski definition) is 2. The van der Waals surface area contributed by atoms with Gasteiger partial charge in [0.2, 0.25) is 0 Å². The van der Waals surface area contributed by atoms with Gasteiger partial charge in [-0.1, -0.05) is 0 Å². The second-order valence-corrected chi connectivity index (χ2v) is 3.76. The molecule has 1 atom stereocenters. The molecule has 0 aromatic heterocycles. The molecular weight excluding hydrogens is 241 g/mol. The number of alkyl halides is 1. The van der Waals surface area contributed by atoms with Crippen molar-refractivity contribution in [2.45, 2.75) is 19.1 Å². The fourth-order valence-electron chi connectivity index (χ4n) is 1.63. The molecule has 18 heavy (non-hydrogen) atoms. The van der Waals surface area contributed by atoms with Crippen LogP contribution in [0.5, 0.6) is 11.5 Å². The summed E-state index contributed by atoms with van der Waals surface area (Å²) in [6.07, 6.45) is 0.0650. The molecule has 0 bridgehead atoms. The molecule has 0 saturated carbocycles. The maximum Gasteiger partial charge on any atom is 0.320 e.